The maximum absolute atomic E-state index is 12.9. The highest BCUT2D eigenvalue weighted by molar-refractivity contribution is 5.95. The molecule has 5 atom stereocenters. The lowest BCUT2D eigenvalue weighted by atomic mass is 9.97. The van der Waals surface area contributed by atoms with Gasteiger partial charge in [-0.25, -0.2) is 9.78 Å². The van der Waals surface area contributed by atoms with Crippen LogP contribution < -0.4 is 21.7 Å². The van der Waals surface area contributed by atoms with Gasteiger partial charge in [-0.15, -0.1) is 0 Å². The van der Waals surface area contributed by atoms with Gasteiger partial charge in [0.05, 0.1) is 19.4 Å². The van der Waals surface area contributed by atoms with Gasteiger partial charge < -0.3 is 42.0 Å². The van der Waals surface area contributed by atoms with Crippen molar-refractivity contribution in [3.05, 3.63) is 18.2 Å². The first-order valence-electron chi connectivity index (χ1n) is 10.2. The molecule has 0 radical (unpaired) electrons. The van der Waals surface area contributed by atoms with Gasteiger partial charge in [0.1, 0.15) is 24.2 Å². The fraction of sp³-hybridized carbons (Fsp3) is 0.579. The number of nitrogens with zero attached hydrogens (tertiary/aromatic N) is 1. The molecular weight excluding hydrogens is 440 g/mol. The summed E-state index contributed by atoms with van der Waals surface area (Å²) in [6.07, 6.45) is 2.30. The Morgan fingerprint density at radius 1 is 1.06 bits per heavy atom. The lowest BCUT2D eigenvalue weighted by molar-refractivity contribution is -0.143. The number of carboxylic acid groups (broad SMARTS) is 2. The number of carboxylic acids is 2. The number of rotatable bonds is 14. The molecule has 1 heterocycles. The summed E-state index contributed by atoms with van der Waals surface area (Å²) in [5.74, 6) is -5.89. The Morgan fingerprint density at radius 2 is 1.70 bits per heavy atom. The van der Waals surface area contributed by atoms with Crippen LogP contribution in [0.25, 0.3) is 0 Å². The molecule has 33 heavy (non-hydrogen) atoms. The van der Waals surface area contributed by atoms with Gasteiger partial charge in [0, 0.05) is 18.3 Å². The maximum Gasteiger partial charge on any atom is 0.326 e. The number of carbonyl (C=O) groups excluding carboxylic acids is 3. The van der Waals surface area contributed by atoms with Crippen LogP contribution in [0.15, 0.2) is 12.5 Å². The molecule has 0 saturated carbocycles. The summed E-state index contributed by atoms with van der Waals surface area (Å²) >= 11 is 0. The SMILES string of the molecule is CCC(C)C(NC(=O)C(CC(=O)O)NC(=O)C(N)CO)C(=O)NC(Cc1cnc[nH]1)C(=O)O. The van der Waals surface area contributed by atoms with Gasteiger partial charge in [-0.05, 0) is 5.92 Å². The van der Waals surface area contributed by atoms with Gasteiger partial charge in [0.15, 0.2) is 0 Å². The predicted molar refractivity (Wildman–Crippen MR) is 112 cm³/mol. The Balaban J connectivity index is 3.00. The molecule has 0 spiro atoms. The number of hydrogen-bond donors (Lipinski definition) is 8. The molecule has 0 aliphatic heterocycles. The van der Waals surface area contributed by atoms with E-state index in [4.69, 9.17) is 15.9 Å². The molecule has 1 aromatic rings. The molecule has 0 aliphatic carbocycles. The molecule has 0 fully saturated rings. The summed E-state index contributed by atoms with van der Waals surface area (Å²) in [7, 11) is 0. The summed E-state index contributed by atoms with van der Waals surface area (Å²) in [5, 5.41) is 34.4. The van der Waals surface area contributed by atoms with Gasteiger partial charge in [0.2, 0.25) is 17.7 Å². The van der Waals surface area contributed by atoms with Crippen LogP contribution in [-0.2, 0) is 30.4 Å². The molecule has 0 saturated heterocycles. The average Bonchev–Trinajstić information content (AvgIpc) is 3.27. The van der Waals surface area contributed by atoms with Crippen LogP contribution in [0.2, 0.25) is 0 Å². The molecule has 14 nitrogen and oxygen atoms in total. The number of nitrogens with two attached hydrogens (primary N) is 1. The smallest absolute Gasteiger partial charge is 0.326 e. The van der Waals surface area contributed by atoms with Crippen LogP contribution in [0.3, 0.4) is 0 Å². The topological polar surface area (TPSA) is 237 Å². The second kappa shape index (κ2) is 13.1. The molecule has 1 rings (SSSR count). The van der Waals surface area contributed by atoms with Crippen LogP contribution in [0.5, 0.6) is 0 Å². The van der Waals surface area contributed by atoms with Crippen LogP contribution in [0.4, 0.5) is 0 Å². The van der Waals surface area contributed by atoms with Crippen LogP contribution >= 0.6 is 0 Å². The van der Waals surface area contributed by atoms with E-state index < -0.39 is 72.8 Å². The van der Waals surface area contributed by atoms with E-state index in [1.807, 2.05) is 0 Å². The number of amides is 3. The third-order valence-corrected chi connectivity index (χ3v) is 4.93. The second-order valence-corrected chi connectivity index (χ2v) is 7.50. The number of nitrogens with one attached hydrogen (secondary N) is 4. The van der Waals surface area contributed by atoms with Crippen LogP contribution in [0.1, 0.15) is 32.4 Å². The first kappa shape index (κ1) is 27.5. The van der Waals surface area contributed by atoms with Crippen molar-refractivity contribution in [1.82, 2.24) is 25.9 Å². The minimum absolute atomic E-state index is 0.0843. The number of aliphatic carboxylic acids is 2. The summed E-state index contributed by atoms with van der Waals surface area (Å²) in [5.41, 5.74) is 5.85. The fourth-order valence-corrected chi connectivity index (χ4v) is 2.78. The van der Waals surface area contributed by atoms with Gasteiger partial charge in [-0.3, -0.25) is 19.2 Å². The molecule has 0 aromatic carbocycles. The Hall–Kier alpha value is -3.52. The molecule has 0 aliphatic rings. The maximum atomic E-state index is 12.9. The van der Waals surface area contributed by atoms with Crippen LogP contribution in [0, 0.1) is 5.92 Å². The predicted octanol–water partition coefficient (Wildman–Crippen LogP) is -2.67. The summed E-state index contributed by atoms with van der Waals surface area (Å²) in [4.78, 5) is 66.8. The quantitative estimate of drug-likeness (QED) is 0.140. The van der Waals surface area contributed by atoms with E-state index in [-0.39, 0.29) is 6.42 Å². The van der Waals surface area contributed by atoms with Crippen molar-refractivity contribution in [1.29, 1.82) is 0 Å². The first-order chi connectivity index (χ1) is 15.5. The number of H-pyrrole nitrogens is 1. The standard InChI is InChI=1S/C19H30N6O8/c1-3-9(2)15(18(31)24-13(19(32)33)4-10-6-21-8-22-10)25-17(30)12(5-14(27)28)23-16(29)11(20)7-26/h6,8-9,11-13,15,26H,3-5,7,20H2,1-2H3,(H,21,22)(H,23,29)(H,24,31)(H,25,30)(H,27,28)(H,32,33). The Morgan fingerprint density at radius 3 is 2.18 bits per heavy atom. The Kier molecular flexibility index (Phi) is 10.9. The van der Waals surface area contributed by atoms with Gasteiger partial charge >= 0.3 is 11.9 Å². The lowest BCUT2D eigenvalue weighted by Crippen LogP contribution is -2.59. The van der Waals surface area contributed by atoms with Crippen molar-refractivity contribution in [3.8, 4) is 0 Å². The molecule has 5 unspecified atom stereocenters. The van der Waals surface area contributed by atoms with E-state index in [0.29, 0.717) is 12.1 Å². The highest BCUT2D eigenvalue weighted by atomic mass is 16.4. The lowest BCUT2D eigenvalue weighted by Gasteiger charge is -2.27. The van der Waals surface area contributed by atoms with Crippen molar-refractivity contribution in [2.45, 2.75) is 57.3 Å². The summed E-state index contributed by atoms with van der Waals surface area (Å²) in [6.45, 7) is 2.66. The minimum atomic E-state index is -1.58. The number of imidazole rings is 1. The largest absolute Gasteiger partial charge is 0.481 e. The van der Waals surface area contributed by atoms with Crippen molar-refractivity contribution in [3.63, 3.8) is 0 Å². The number of aliphatic hydroxyl groups is 1. The van der Waals surface area contributed by atoms with Crippen molar-refractivity contribution in [2.24, 2.45) is 11.7 Å². The van der Waals surface area contributed by atoms with E-state index in [0.717, 1.165) is 0 Å². The van der Waals surface area contributed by atoms with E-state index >= 15 is 0 Å². The highest BCUT2D eigenvalue weighted by Crippen LogP contribution is 2.10. The van der Waals surface area contributed by atoms with Crippen molar-refractivity contribution >= 4 is 29.7 Å². The third-order valence-electron chi connectivity index (χ3n) is 4.93. The molecule has 9 N–H and O–H groups in total. The monoisotopic (exact) mass is 470 g/mol. The molecule has 184 valence electrons. The van der Waals surface area contributed by atoms with Crippen molar-refractivity contribution in [2.75, 3.05) is 6.61 Å². The highest BCUT2D eigenvalue weighted by Gasteiger charge is 2.33. The van der Waals surface area contributed by atoms with E-state index in [1.54, 1.807) is 13.8 Å². The van der Waals surface area contributed by atoms with Crippen LogP contribution in [-0.4, -0.2) is 85.7 Å². The van der Waals surface area contributed by atoms with Crippen molar-refractivity contribution < 1.29 is 39.3 Å². The zero-order valence-corrected chi connectivity index (χ0v) is 18.3. The van der Waals surface area contributed by atoms with E-state index in [2.05, 4.69) is 25.9 Å². The van der Waals surface area contributed by atoms with Gasteiger partial charge in [-0.2, -0.15) is 0 Å². The minimum Gasteiger partial charge on any atom is -0.481 e. The normalized spacial score (nSPS) is 15.4. The fourth-order valence-electron chi connectivity index (χ4n) is 2.78. The van der Waals surface area contributed by atoms with E-state index in [9.17, 15) is 29.1 Å². The zero-order chi connectivity index (χ0) is 25.1. The van der Waals surface area contributed by atoms with Gasteiger partial charge in [-0.1, -0.05) is 20.3 Å². The summed E-state index contributed by atoms with van der Waals surface area (Å²) < 4.78 is 0. The average molecular weight is 470 g/mol. The number of aromatic amines is 1. The third kappa shape index (κ3) is 8.86. The second-order valence-electron chi connectivity index (χ2n) is 7.50. The van der Waals surface area contributed by atoms with E-state index in [1.165, 1.54) is 12.5 Å². The number of hydrogen-bond acceptors (Lipinski definition) is 8. The Bertz CT molecular complexity index is 830. The van der Waals surface area contributed by atoms with Gasteiger partial charge in [0.25, 0.3) is 0 Å². The molecular formula is C19H30N6O8. The number of aromatic nitrogens is 2. The Labute approximate surface area is 189 Å². The number of carbonyl (C=O) groups is 5. The first-order valence-corrected chi connectivity index (χ1v) is 10.2. The summed E-state index contributed by atoms with van der Waals surface area (Å²) in [6, 6.07) is -5.49. The number of aliphatic hydroxyl groups excluding tert-OH is 1. The molecule has 14 heteroatoms. The molecule has 1 aromatic heterocycles. The molecule has 3 amide bonds. The zero-order valence-electron chi connectivity index (χ0n) is 18.3. The molecule has 0 bridgehead atoms.